The fourth-order valence-electron chi connectivity index (χ4n) is 2.93. The van der Waals surface area contributed by atoms with Crippen LogP contribution >= 0.6 is 11.3 Å². The smallest absolute Gasteiger partial charge is 0.250 e. The number of hydrogen-bond acceptors (Lipinski definition) is 5. The minimum absolute atomic E-state index is 0.301. The lowest BCUT2D eigenvalue weighted by atomic mass is 9.98. The molecule has 0 saturated heterocycles. The van der Waals surface area contributed by atoms with E-state index in [0.717, 1.165) is 19.6 Å². The van der Waals surface area contributed by atoms with Gasteiger partial charge in [0.15, 0.2) is 5.96 Å². The lowest BCUT2D eigenvalue weighted by Gasteiger charge is -2.21. The molecule has 2 rings (SSSR count). The molecule has 1 saturated carbocycles. The van der Waals surface area contributed by atoms with Gasteiger partial charge in [0, 0.05) is 32.8 Å². The number of nitrogens with one attached hydrogen (secondary N) is 3. The summed E-state index contributed by atoms with van der Waals surface area (Å²) in [5.74, 6) is 0.700. The minimum atomic E-state index is -3.41. The molecule has 1 aliphatic rings. The van der Waals surface area contributed by atoms with Crippen LogP contribution in [0.4, 0.5) is 0 Å². The third-order valence-corrected chi connectivity index (χ3v) is 7.15. The second-order valence-electron chi connectivity index (χ2n) is 6.50. The zero-order valence-corrected chi connectivity index (χ0v) is 17.7. The van der Waals surface area contributed by atoms with Crippen molar-refractivity contribution in [3.05, 3.63) is 17.5 Å². The van der Waals surface area contributed by atoms with Crippen LogP contribution in [0.15, 0.2) is 26.7 Å². The highest BCUT2D eigenvalue weighted by Crippen LogP contribution is 2.20. The molecule has 154 valence electrons. The molecule has 1 fully saturated rings. The maximum Gasteiger partial charge on any atom is 0.250 e. The first-order valence-corrected chi connectivity index (χ1v) is 12.1. The van der Waals surface area contributed by atoms with E-state index < -0.39 is 10.0 Å². The Labute approximate surface area is 167 Å². The molecule has 0 atom stereocenters. The zero-order chi connectivity index (χ0) is 19.4. The van der Waals surface area contributed by atoms with Gasteiger partial charge in [0.25, 0.3) is 0 Å². The highest BCUT2D eigenvalue weighted by atomic mass is 32.2. The fraction of sp³-hybridized carbons (Fsp3) is 0.722. The van der Waals surface area contributed by atoms with E-state index in [1.54, 1.807) is 17.5 Å². The summed E-state index contributed by atoms with van der Waals surface area (Å²) in [6.07, 6.45) is 7.61. The first kappa shape index (κ1) is 22.1. The molecule has 1 aromatic rings. The molecule has 1 aliphatic carbocycles. The number of rotatable bonds is 11. The average molecular weight is 417 g/mol. The van der Waals surface area contributed by atoms with Gasteiger partial charge in [0.2, 0.25) is 10.0 Å². The van der Waals surface area contributed by atoms with Crippen molar-refractivity contribution in [3.63, 3.8) is 0 Å². The largest absolute Gasteiger partial charge is 0.378 e. The van der Waals surface area contributed by atoms with Gasteiger partial charge in [-0.2, -0.15) is 0 Å². The highest BCUT2D eigenvalue weighted by Gasteiger charge is 2.14. The molecule has 0 amide bonds. The first-order chi connectivity index (χ1) is 13.1. The van der Waals surface area contributed by atoms with Crippen molar-refractivity contribution in [2.24, 2.45) is 4.99 Å². The highest BCUT2D eigenvalue weighted by molar-refractivity contribution is 7.91. The van der Waals surface area contributed by atoms with E-state index in [0.29, 0.717) is 35.9 Å². The lowest BCUT2D eigenvalue weighted by Crippen LogP contribution is -2.41. The van der Waals surface area contributed by atoms with Crippen LogP contribution in [0.1, 0.15) is 45.4 Å². The normalized spacial score (nSPS) is 16.4. The monoisotopic (exact) mass is 416 g/mol. The van der Waals surface area contributed by atoms with Gasteiger partial charge in [0.1, 0.15) is 4.21 Å². The summed E-state index contributed by atoms with van der Waals surface area (Å²) < 4.78 is 32.9. The van der Waals surface area contributed by atoms with Gasteiger partial charge < -0.3 is 15.4 Å². The molecule has 0 bridgehead atoms. The van der Waals surface area contributed by atoms with Crippen molar-refractivity contribution in [1.82, 2.24) is 15.4 Å². The molecule has 27 heavy (non-hydrogen) atoms. The Bertz CT molecular complexity index is 642. The van der Waals surface area contributed by atoms with Gasteiger partial charge in [-0.05, 0) is 37.6 Å². The van der Waals surface area contributed by atoms with Crippen LogP contribution in [0, 0.1) is 0 Å². The van der Waals surface area contributed by atoms with Crippen molar-refractivity contribution in [1.29, 1.82) is 0 Å². The number of aliphatic imine (C=N–C) groups is 1. The minimum Gasteiger partial charge on any atom is -0.378 e. The molecule has 9 heteroatoms. The topological polar surface area (TPSA) is 91.8 Å². The Morgan fingerprint density at radius 3 is 2.78 bits per heavy atom. The molecule has 3 N–H and O–H groups in total. The molecule has 0 unspecified atom stereocenters. The molecule has 0 aromatic carbocycles. The summed E-state index contributed by atoms with van der Waals surface area (Å²) in [6, 6.07) is 3.33. The Morgan fingerprint density at radius 1 is 1.26 bits per heavy atom. The van der Waals surface area contributed by atoms with E-state index in [2.05, 4.69) is 20.3 Å². The second kappa shape index (κ2) is 12.3. The van der Waals surface area contributed by atoms with Gasteiger partial charge in [-0.1, -0.05) is 25.3 Å². The Kier molecular flexibility index (Phi) is 10.1. The van der Waals surface area contributed by atoms with Gasteiger partial charge in [0.05, 0.1) is 6.10 Å². The second-order valence-corrected chi connectivity index (χ2v) is 9.44. The third-order valence-electron chi connectivity index (χ3n) is 4.29. The predicted octanol–water partition coefficient (Wildman–Crippen LogP) is 2.32. The number of thiophene rings is 1. The van der Waals surface area contributed by atoms with Gasteiger partial charge in [-0.3, -0.25) is 4.99 Å². The third kappa shape index (κ3) is 8.59. The SMILES string of the molecule is CCNC(=NCCCOC1CCCCC1)NCCNS(=O)(=O)c1cccs1. The average Bonchev–Trinajstić information content (AvgIpc) is 3.21. The summed E-state index contributed by atoms with van der Waals surface area (Å²) in [6.45, 7) is 4.95. The Hall–Kier alpha value is -1.16. The van der Waals surface area contributed by atoms with Gasteiger partial charge >= 0.3 is 0 Å². The van der Waals surface area contributed by atoms with Crippen molar-refractivity contribution in [2.45, 2.75) is 55.8 Å². The number of sulfonamides is 1. The van der Waals surface area contributed by atoms with Crippen molar-refractivity contribution >= 4 is 27.3 Å². The zero-order valence-electron chi connectivity index (χ0n) is 16.1. The Balaban J connectivity index is 1.62. The Morgan fingerprint density at radius 2 is 2.07 bits per heavy atom. The van der Waals surface area contributed by atoms with Crippen LogP contribution in [-0.2, 0) is 14.8 Å². The van der Waals surface area contributed by atoms with E-state index in [-0.39, 0.29) is 0 Å². The number of ether oxygens (including phenoxy) is 1. The van der Waals surface area contributed by atoms with E-state index in [1.165, 1.54) is 43.4 Å². The summed E-state index contributed by atoms with van der Waals surface area (Å²) in [5.41, 5.74) is 0. The number of guanidine groups is 1. The summed E-state index contributed by atoms with van der Waals surface area (Å²) in [7, 11) is -3.41. The lowest BCUT2D eigenvalue weighted by molar-refractivity contribution is 0.0281. The number of nitrogens with zero attached hydrogens (tertiary/aromatic N) is 1. The van der Waals surface area contributed by atoms with Crippen LogP contribution in [0.2, 0.25) is 0 Å². The molecule has 1 aromatic heterocycles. The molecule has 7 nitrogen and oxygen atoms in total. The van der Waals surface area contributed by atoms with Crippen molar-refractivity contribution < 1.29 is 13.2 Å². The van der Waals surface area contributed by atoms with Crippen LogP contribution in [0.3, 0.4) is 0 Å². The quantitative estimate of drug-likeness (QED) is 0.292. The van der Waals surface area contributed by atoms with Crippen LogP contribution in [0.5, 0.6) is 0 Å². The van der Waals surface area contributed by atoms with E-state index in [1.807, 2.05) is 6.92 Å². The van der Waals surface area contributed by atoms with E-state index in [4.69, 9.17) is 4.74 Å². The standard InChI is InChI=1S/C18H32N4O3S2/c1-2-19-18(20-11-7-14-25-16-8-4-3-5-9-16)21-12-13-22-27(23,24)17-10-6-15-26-17/h6,10,15-16,22H,2-5,7-9,11-14H2,1H3,(H2,19,20,21). The molecule has 0 aliphatic heterocycles. The molecule has 0 spiro atoms. The summed E-state index contributed by atoms with van der Waals surface area (Å²) >= 11 is 1.21. The summed E-state index contributed by atoms with van der Waals surface area (Å²) in [5, 5.41) is 8.08. The summed E-state index contributed by atoms with van der Waals surface area (Å²) in [4.78, 5) is 4.52. The number of hydrogen-bond donors (Lipinski definition) is 3. The molecule has 0 radical (unpaired) electrons. The van der Waals surface area contributed by atoms with Crippen LogP contribution in [0.25, 0.3) is 0 Å². The van der Waals surface area contributed by atoms with Crippen LogP contribution < -0.4 is 15.4 Å². The van der Waals surface area contributed by atoms with Crippen molar-refractivity contribution in [3.8, 4) is 0 Å². The molecular weight excluding hydrogens is 384 g/mol. The first-order valence-electron chi connectivity index (χ1n) is 9.79. The van der Waals surface area contributed by atoms with Crippen LogP contribution in [-0.4, -0.2) is 53.3 Å². The molecule has 1 heterocycles. The fourth-order valence-corrected chi connectivity index (χ4v) is 5.00. The molecular formula is C18H32N4O3S2. The van der Waals surface area contributed by atoms with E-state index in [9.17, 15) is 8.42 Å². The van der Waals surface area contributed by atoms with Crippen molar-refractivity contribution in [2.75, 3.05) is 32.8 Å². The maximum absolute atomic E-state index is 12.0. The van der Waals surface area contributed by atoms with Gasteiger partial charge in [-0.25, -0.2) is 13.1 Å². The van der Waals surface area contributed by atoms with E-state index >= 15 is 0 Å². The van der Waals surface area contributed by atoms with Gasteiger partial charge in [-0.15, -0.1) is 11.3 Å². The predicted molar refractivity (Wildman–Crippen MR) is 111 cm³/mol. The maximum atomic E-state index is 12.0.